The average molecular weight is 356 g/mol. The van der Waals surface area contributed by atoms with Crippen LogP contribution in [0.4, 0.5) is 5.13 Å². The summed E-state index contributed by atoms with van der Waals surface area (Å²) < 4.78 is 0. The molecule has 0 saturated heterocycles. The highest BCUT2D eigenvalue weighted by Crippen LogP contribution is 2.28. The smallest absolute Gasteiger partial charge is 0.226 e. The second-order valence-electron chi connectivity index (χ2n) is 6.22. The molecule has 2 N–H and O–H groups in total. The molecule has 0 unspecified atom stereocenters. The van der Waals surface area contributed by atoms with Crippen LogP contribution in [0.5, 0.6) is 0 Å². The van der Waals surface area contributed by atoms with Gasteiger partial charge in [0.1, 0.15) is 5.01 Å². The Kier molecular flexibility index (Phi) is 5.81. The predicted octanol–water partition coefficient (Wildman–Crippen LogP) is 4.88. The number of anilines is 1. The Morgan fingerprint density at radius 3 is 2.84 bits per heavy atom. The monoisotopic (exact) mass is 356 g/mol. The van der Waals surface area contributed by atoms with Gasteiger partial charge in [-0.15, -0.1) is 10.2 Å². The maximum Gasteiger partial charge on any atom is 0.226 e. The maximum absolute atomic E-state index is 12.1. The molecule has 25 heavy (non-hydrogen) atoms. The summed E-state index contributed by atoms with van der Waals surface area (Å²) in [5, 5.41) is 14.1. The van der Waals surface area contributed by atoms with Crippen molar-refractivity contribution in [1.29, 1.82) is 0 Å². The van der Waals surface area contributed by atoms with Crippen LogP contribution in [-0.2, 0) is 11.2 Å². The number of fused-ring (bicyclic) bond motifs is 1. The summed E-state index contributed by atoms with van der Waals surface area (Å²) in [6.45, 7) is 4.30. The minimum Gasteiger partial charge on any atom is -0.361 e. The molecular weight excluding hydrogens is 332 g/mol. The van der Waals surface area contributed by atoms with Crippen LogP contribution in [0.1, 0.15) is 56.0 Å². The Morgan fingerprint density at radius 1 is 1.24 bits per heavy atom. The predicted molar refractivity (Wildman–Crippen MR) is 103 cm³/mol. The van der Waals surface area contributed by atoms with Gasteiger partial charge >= 0.3 is 0 Å². The summed E-state index contributed by atoms with van der Waals surface area (Å²) in [5.41, 5.74) is 2.40. The van der Waals surface area contributed by atoms with E-state index in [1.54, 1.807) is 0 Å². The number of hydrogen-bond acceptors (Lipinski definition) is 4. The fraction of sp³-hybridized carbons (Fsp3) is 0.421. The van der Waals surface area contributed by atoms with Gasteiger partial charge in [0.2, 0.25) is 11.0 Å². The quantitative estimate of drug-likeness (QED) is 0.604. The van der Waals surface area contributed by atoms with Crippen molar-refractivity contribution in [1.82, 2.24) is 15.2 Å². The van der Waals surface area contributed by atoms with E-state index in [-0.39, 0.29) is 5.91 Å². The van der Waals surface area contributed by atoms with Gasteiger partial charge in [0.25, 0.3) is 0 Å². The molecular formula is C19H24N4OS. The molecule has 2 heterocycles. The lowest BCUT2D eigenvalue weighted by atomic mass is 10.1. The molecule has 0 spiro atoms. The van der Waals surface area contributed by atoms with E-state index < -0.39 is 0 Å². The van der Waals surface area contributed by atoms with Gasteiger partial charge in [-0.1, -0.05) is 43.4 Å². The Labute approximate surface area is 151 Å². The molecule has 0 aliphatic rings. The SMILES string of the molecule is CCC(CC)c1nnc(NC(=O)CCCc2c[nH]c3ccccc23)s1. The maximum atomic E-state index is 12.1. The van der Waals surface area contributed by atoms with Crippen LogP contribution in [0.3, 0.4) is 0 Å². The molecule has 5 nitrogen and oxygen atoms in total. The highest BCUT2D eigenvalue weighted by molar-refractivity contribution is 7.15. The molecule has 3 aromatic rings. The Hall–Kier alpha value is -2.21. The van der Waals surface area contributed by atoms with Crippen LogP contribution in [0, 0.1) is 0 Å². The summed E-state index contributed by atoms with van der Waals surface area (Å²) in [4.78, 5) is 15.4. The van der Waals surface area contributed by atoms with E-state index in [1.807, 2.05) is 18.3 Å². The second kappa shape index (κ2) is 8.25. The molecule has 3 rings (SSSR count). The molecule has 0 saturated carbocycles. The van der Waals surface area contributed by atoms with E-state index >= 15 is 0 Å². The summed E-state index contributed by atoms with van der Waals surface area (Å²) in [6, 6.07) is 8.24. The number of rotatable bonds is 8. The molecule has 0 fully saturated rings. The first-order chi connectivity index (χ1) is 12.2. The fourth-order valence-corrected chi connectivity index (χ4v) is 4.07. The molecule has 0 aliphatic carbocycles. The van der Waals surface area contributed by atoms with Crippen molar-refractivity contribution in [3.05, 3.63) is 41.0 Å². The van der Waals surface area contributed by atoms with Crippen LogP contribution < -0.4 is 5.32 Å². The molecule has 1 aromatic carbocycles. The Morgan fingerprint density at radius 2 is 2.04 bits per heavy atom. The number of nitrogens with one attached hydrogen (secondary N) is 2. The topological polar surface area (TPSA) is 70.7 Å². The summed E-state index contributed by atoms with van der Waals surface area (Å²) in [7, 11) is 0. The zero-order chi connectivity index (χ0) is 17.6. The fourth-order valence-electron chi connectivity index (χ4n) is 3.05. The van der Waals surface area contributed by atoms with Gasteiger partial charge in [0.15, 0.2) is 0 Å². The zero-order valence-electron chi connectivity index (χ0n) is 14.7. The number of aryl methyl sites for hydroxylation is 1. The second-order valence-corrected chi connectivity index (χ2v) is 7.23. The molecule has 132 valence electrons. The van der Waals surface area contributed by atoms with E-state index in [4.69, 9.17) is 0 Å². The van der Waals surface area contributed by atoms with E-state index in [2.05, 4.69) is 46.5 Å². The number of para-hydroxylation sites is 1. The number of carbonyl (C=O) groups excluding carboxylic acids is 1. The van der Waals surface area contributed by atoms with E-state index in [9.17, 15) is 4.79 Å². The van der Waals surface area contributed by atoms with Crippen LogP contribution in [0.15, 0.2) is 30.5 Å². The molecule has 0 radical (unpaired) electrons. The van der Waals surface area contributed by atoms with Gasteiger partial charge < -0.3 is 10.3 Å². The number of amides is 1. The lowest BCUT2D eigenvalue weighted by molar-refractivity contribution is -0.116. The van der Waals surface area contributed by atoms with E-state index in [1.165, 1.54) is 22.3 Å². The third-order valence-corrected chi connectivity index (χ3v) is 5.55. The molecule has 0 bridgehead atoms. The summed E-state index contributed by atoms with van der Waals surface area (Å²) >= 11 is 1.49. The largest absolute Gasteiger partial charge is 0.361 e. The first-order valence-corrected chi connectivity index (χ1v) is 9.71. The number of aromatic amines is 1. The van der Waals surface area contributed by atoms with Gasteiger partial charge in [-0.2, -0.15) is 0 Å². The Bertz CT molecular complexity index is 835. The van der Waals surface area contributed by atoms with E-state index in [0.29, 0.717) is 17.5 Å². The van der Waals surface area contributed by atoms with Crippen molar-refractivity contribution in [2.75, 3.05) is 5.32 Å². The number of hydrogen-bond donors (Lipinski definition) is 2. The standard InChI is InChI=1S/C19H24N4OS/c1-3-13(4-2)18-22-23-19(25-18)21-17(24)11-7-8-14-12-20-16-10-6-5-9-15(14)16/h5-6,9-10,12-13,20H,3-4,7-8,11H2,1-2H3,(H,21,23,24). The number of aromatic nitrogens is 3. The number of benzene rings is 1. The number of nitrogens with zero attached hydrogens (tertiary/aromatic N) is 2. The Balaban J connectivity index is 1.50. The average Bonchev–Trinajstić information content (AvgIpc) is 3.24. The van der Waals surface area contributed by atoms with Crippen LogP contribution in [0.25, 0.3) is 10.9 Å². The molecule has 0 aliphatic heterocycles. The molecule has 1 amide bonds. The van der Waals surface area contributed by atoms with Crippen molar-refractivity contribution >= 4 is 33.3 Å². The van der Waals surface area contributed by atoms with Gasteiger partial charge in [0, 0.05) is 29.4 Å². The molecule has 2 aromatic heterocycles. The molecule has 6 heteroatoms. The minimum atomic E-state index is 0.00656. The highest BCUT2D eigenvalue weighted by Gasteiger charge is 2.14. The lowest BCUT2D eigenvalue weighted by Gasteiger charge is -2.05. The minimum absolute atomic E-state index is 0.00656. The van der Waals surface area contributed by atoms with Gasteiger partial charge in [0.05, 0.1) is 0 Å². The van der Waals surface area contributed by atoms with Gasteiger partial charge in [-0.25, -0.2) is 0 Å². The number of carbonyl (C=O) groups is 1. The zero-order valence-corrected chi connectivity index (χ0v) is 15.5. The first-order valence-electron chi connectivity index (χ1n) is 8.89. The third kappa shape index (κ3) is 4.25. The summed E-state index contributed by atoms with van der Waals surface area (Å²) in [5.74, 6) is 0.442. The highest BCUT2D eigenvalue weighted by atomic mass is 32.1. The third-order valence-electron chi connectivity index (χ3n) is 4.55. The van der Waals surface area contributed by atoms with Crippen molar-refractivity contribution in [2.24, 2.45) is 0 Å². The first kappa shape index (κ1) is 17.6. The summed E-state index contributed by atoms with van der Waals surface area (Å²) in [6.07, 6.45) is 6.31. The normalized spacial score (nSPS) is 11.3. The lowest BCUT2D eigenvalue weighted by Crippen LogP contribution is -2.11. The van der Waals surface area contributed by atoms with Crippen LogP contribution >= 0.6 is 11.3 Å². The van der Waals surface area contributed by atoms with Crippen LogP contribution in [0.2, 0.25) is 0 Å². The van der Waals surface area contributed by atoms with Gasteiger partial charge in [-0.3, -0.25) is 4.79 Å². The van der Waals surface area contributed by atoms with Crippen molar-refractivity contribution in [2.45, 2.75) is 51.9 Å². The number of H-pyrrole nitrogens is 1. The van der Waals surface area contributed by atoms with Crippen molar-refractivity contribution in [3.63, 3.8) is 0 Å². The van der Waals surface area contributed by atoms with E-state index in [0.717, 1.165) is 36.2 Å². The molecule has 0 atom stereocenters. The van der Waals surface area contributed by atoms with Gasteiger partial charge in [-0.05, 0) is 37.3 Å². The van der Waals surface area contributed by atoms with Crippen molar-refractivity contribution < 1.29 is 4.79 Å². The van der Waals surface area contributed by atoms with Crippen molar-refractivity contribution in [3.8, 4) is 0 Å². The van der Waals surface area contributed by atoms with Crippen LogP contribution in [-0.4, -0.2) is 21.1 Å².